The third-order valence-electron chi connectivity index (χ3n) is 4.83. The van der Waals surface area contributed by atoms with Gasteiger partial charge >= 0.3 is 7.12 Å². The van der Waals surface area contributed by atoms with Gasteiger partial charge in [0.1, 0.15) is 11.3 Å². The molecule has 4 rings (SSSR count). The van der Waals surface area contributed by atoms with E-state index in [2.05, 4.69) is 16.5 Å². The van der Waals surface area contributed by atoms with Crippen LogP contribution in [0.1, 0.15) is 28.4 Å². The first kappa shape index (κ1) is 17.4. The molecule has 4 N–H and O–H groups in total. The van der Waals surface area contributed by atoms with E-state index in [1.165, 1.54) is 6.20 Å². The van der Waals surface area contributed by atoms with E-state index < -0.39 is 13.0 Å². The first-order chi connectivity index (χ1) is 13.1. The molecule has 2 aromatic rings. The molecule has 1 fully saturated rings. The normalized spacial score (nSPS) is 21.3. The van der Waals surface area contributed by atoms with E-state index in [0.29, 0.717) is 37.4 Å². The van der Waals surface area contributed by atoms with E-state index in [0.717, 1.165) is 5.56 Å². The monoisotopic (exact) mass is 367 g/mol. The van der Waals surface area contributed by atoms with Crippen LogP contribution in [0.15, 0.2) is 24.4 Å². The second-order valence-electron chi connectivity index (χ2n) is 6.60. The van der Waals surface area contributed by atoms with Crippen molar-refractivity contribution in [3.05, 3.63) is 35.5 Å². The Hall–Kier alpha value is -3.03. The Labute approximate surface area is 155 Å². The highest BCUT2D eigenvalue weighted by atomic mass is 16.5. The highest BCUT2D eigenvalue weighted by molar-refractivity contribution is 6.45. The molecule has 0 aliphatic carbocycles. The number of benzene rings is 1. The summed E-state index contributed by atoms with van der Waals surface area (Å²) >= 11 is 0. The summed E-state index contributed by atoms with van der Waals surface area (Å²) in [6.45, 7) is 0.868. The van der Waals surface area contributed by atoms with Gasteiger partial charge in [-0.2, -0.15) is 10.4 Å². The number of para-hydroxylation sites is 1. The van der Waals surface area contributed by atoms with Crippen molar-refractivity contribution in [3.63, 3.8) is 0 Å². The van der Waals surface area contributed by atoms with Crippen LogP contribution >= 0.6 is 0 Å². The zero-order valence-electron chi connectivity index (χ0n) is 14.5. The molecule has 0 spiro atoms. The molecule has 1 aromatic carbocycles. The van der Waals surface area contributed by atoms with Crippen molar-refractivity contribution in [2.75, 3.05) is 18.5 Å². The quantitative estimate of drug-likeness (QED) is 0.680. The minimum absolute atomic E-state index is 0.202. The predicted octanol–water partition coefficient (Wildman–Crippen LogP) is 0.781. The highest BCUT2D eigenvalue weighted by Gasteiger charge is 2.31. The van der Waals surface area contributed by atoms with Crippen molar-refractivity contribution in [3.8, 4) is 11.8 Å². The van der Waals surface area contributed by atoms with E-state index >= 15 is 0 Å². The molecule has 0 saturated carbocycles. The molecule has 0 bridgehead atoms. The summed E-state index contributed by atoms with van der Waals surface area (Å²) in [4.78, 5) is 11.9. The minimum Gasteiger partial charge on any atom is -0.534 e. The van der Waals surface area contributed by atoms with Crippen molar-refractivity contribution in [2.24, 2.45) is 11.7 Å². The number of rotatable bonds is 4. The molecule has 0 radical (unpaired) electrons. The topological polar surface area (TPSA) is 135 Å². The number of nitrogens with one attached hydrogen (secondary N) is 1. The van der Waals surface area contributed by atoms with Gasteiger partial charge in [0.15, 0.2) is 5.82 Å². The fraction of sp³-hybridized carbons (Fsp3) is 0.353. The van der Waals surface area contributed by atoms with Gasteiger partial charge in [-0.25, -0.2) is 0 Å². The lowest BCUT2D eigenvalue weighted by atomic mass is 9.85. The summed E-state index contributed by atoms with van der Waals surface area (Å²) in [5, 5.41) is 26.6. The highest BCUT2D eigenvalue weighted by Crippen LogP contribution is 2.37. The first-order valence-corrected chi connectivity index (χ1v) is 8.66. The Morgan fingerprint density at radius 1 is 1.52 bits per heavy atom. The summed E-state index contributed by atoms with van der Waals surface area (Å²) in [6.07, 6.45) is 2.53. The van der Waals surface area contributed by atoms with Gasteiger partial charge < -0.3 is 25.5 Å². The molecule has 9 nitrogen and oxygen atoms in total. The Morgan fingerprint density at radius 3 is 3.15 bits per heavy atom. The molecule has 3 heterocycles. The largest absolute Gasteiger partial charge is 0.534 e. The predicted molar refractivity (Wildman–Crippen MR) is 96.4 cm³/mol. The summed E-state index contributed by atoms with van der Waals surface area (Å²) in [7, 11) is -0.896. The summed E-state index contributed by atoms with van der Waals surface area (Å²) in [5.41, 5.74) is 7.15. The molecule has 27 heavy (non-hydrogen) atoms. The average molecular weight is 367 g/mol. The number of carbonyl (C=O) groups excluding carboxylic acids is 1. The van der Waals surface area contributed by atoms with Crippen LogP contribution in [0.2, 0.25) is 0 Å². The van der Waals surface area contributed by atoms with Crippen LogP contribution in [0.5, 0.6) is 5.75 Å². The lowest BCUT2D eigenvalue weighted by Crippen LogP contribution is -2.29. The van der Waals surface area contributed by atoms with Crippen LogP contribution in [0.25, 0.3) is 0 Å². The number of hydrogen-bond donors (Lipinski definition) is 3. The zero-order chi connectivity index (χ0) is 19.0. The third kappa shape index (κ3) is 3.23. The molecule has 0 unspecified atom stereocenters. The van der Waals surface area contributed by atoms with Crippen molar-refractivity contribution < 1.29 is 19.2 Å². The van der Waals surface area contributed by atoms with Gasteiger partial charge in [0.25, 0.3) is 5.91 Å². The van der Waals surface area contributed by atoms with E-state index in [4.69, 9.17) is 15.1 Å². The minimum atomic E-state index is -0.896. The van der Waals surface area contributed by atoms with Crippen LogP contribution in [0.3, 0.4) is 0 Å². The molecule has 10 heteroatoms. The maximum Gasteiger partial charge on any atom is 0.527 e. The average Bonchev–Trinajstić information content (AvgIpc) is 3.25. The van der Waals surface area contributed by atoms with Gasteiger partial charge in [0.2, 0.25) is 0 Å². The van der Waals surface area contributed by atoms with Crippen LogP contribution in [0, 0.1) is 17.2 Å². The molecule has 138 valence electrons. The van der Waals surface area contributed by atoms with Gasteiger partial charge in [-0.3, -0.25) is 9.48 Å². The van der Waals surface area contributed by atoms with Gasteiger partial charge in [0.05, 0.1) is 30.3 Å². The second kappa shape index (κ2) is 6.94. The van der Waals surface area contributed by atoms with Crippen molar-refractivity contribution in [2.45, 2.75) is 18.8 Å². The number of fused-ring (bicyclic) bond motifs is 1. The number of nitrogens with zero attached hydrogens (tertiary/aromatic N) is 3. The number of nitriles is 1. The number of anilines is 2. The molecule has 1 amide bonds. The van der Waals surface area contributed by atoms with Gasteiger partial charge in [-0.1, -0.05) is 12.1 Å². The third-order valence-corrected chi connectivity index (χ3v) is 4.83. The second-order valence-corrected chi connectivity index (χ2v) is 6.60. The Kier molecular flexibility index (Phi) is 4.47. The molecule has 1 aromatic heterocycles. The Balaban J connectivity index is 1.68. The number of hydrogen-bond acceptors (Lipinski definition) is 7. The van der Waals surface area contributed by atoms with Crippen molar-refractivity contribution in [1.82, 2.24) is 9.78 Å². The standard InChI is InChI=1S/C17H18BN5O4/c19-7-11-4-5-26-9-14(11)23-8-12(16(20)24)17(22-23)21-13-3-1-2-10-6-18(25)27-15(10)13/h1-3,8,11,14,25H,4-6,9H2,(H2,20,24)(H,21,22)/t11-,14+/m0/s1. The Bertz CT molecular complexity index is 925. The van der Waals surface area contributed by atoms with Crippen LogP contribution < -0.4 is 15.7 Å². The smallest absolute Gasteiger partial charge is 0.527 e. The fourth-order valence-corrected chi connectivity index (χ4v) is 3.44. The van der Waals surface area contributed by atoms with Gasteiger partial charge in [-0.15, -0.1) is 0 Å². The molecular formula is C17H18BN5O4. The van der Waals surface area contributed by atoms with E-state index in [1.807, 2.05) is 12.1 Å². The van der Waals surface area contributed by atoms with Gasteiger partial charge in [-0.05, 0) is 18.1 Å². The number of ether oxygens (including phenoxy) is 1. The van der Waals surface area contributed by atoms with Crippen molar-refractivity contribution in [1.29, 1.82) is 5.26 Å². The number of nitrogens with two attached hydrogens (primary N) is 1. The zero-order valence-corrected chi connectivity index (χ0v) is 14.5. The van der Waals surface area contributed by atoms with E-state index in [-0.39, 0.29) is 23.3 Å². The molecule has 1 saturated heterocycles. The summed E-state index contributed by atoms with van der Waals surface area (Å²) < 4.78 is 12.5. The number of aromatic nitrogens is 2. The fourth-order valence-electron chi connectivity index (χ4n) is 3.44. The van der Waals surface area contributed by atoms with Crippen LogP contribution in [-0.4, -0.2) is 41.0 Å². The summed E-state index contributed by atoms with van der Waals surface area (Å²) in [5.74, 6) is -0.108. The summed E-state index contributed by atoms with van der Waals surface area (Å²) in [6, 6.07) is 7.43. The molecule has 2 atom stereocenters. The first-order valence-electron chi connectivity index (χ1n) is 8.66. The SMILES string of the molecule is N#C[C@@H]1CCOC[C@H]1n1cc(C(N)=O)c(Nc2cccc3c2OB(O)C3)n1. The van der Waals surface area contributed by atoms with E-state index in [1.54, 1.807) is 10.7 Å². The number of primary amides is 1. The maximum absolute atomic E-state index is 11.9. The lowest BCUT2D eigenvalue weighted by Gasteiger charge is -2.26. The van der Waals surface area contributed by atoms with E-state index in [9.17, 15) is 15.1 Å². The molecule has 2 aliphatic heterocycles. The Morgan fingerprint density at radius 2 is 2.37 bits per heavy atom. The van der Waals surface area contributed by atoms with Crippen LogP contribution in [-0.2, 0) is 11.1 Å². The van der Waals surface area contributed by atoms with Crippen LogP contribution in [0.4, 0.5) is 11.5 Å². The van der Waals surface area contributed by atoms with Crippen molar-refractivity contribution >= 4 is 24.5 Å². The van der Waals surface area contributed by atoms with Gasteiger partial charge in [0, 0.05) is 19.1 Å². The molecule has 2 aliphatic rings. The number of amides is 1. The molecular weight excluding hydrogens is 349 g/mol. The maximum atomic E-state index is 11.9. The lowest BCUT2D eigenvalue weighted by molar-refractivity contribution is 0.0342. The number of carbonyl (C=O) groups is 1.